The fourth-order valence-corrected chi connectivity index (χ4v) is 1.14. The Morgan fingerprint density at radius 1 is 1.31 bits per heavy atom. The second kappa shape index (κ2) is 6.78. The van der Waals surface area contributed by atoms with E-state index in [0.29, 0.717) is 25.9 Å². The average Bonchev–Trinajstić information content (AvgIpc) is 2.20. The first-order valence-corrected chi connectivity index (χ1v) is 4.78. The summed E-state index contributed by atoms with van der Waals surface area (Å²) in [6, 6.07) is 0. The van der Waals surface area contributed by atoms with Crippen LogP contribution in [0.1, 0.15) is 39.5 Å². The van der Waals surface area contributed by atoms with Gasteiger partial charge in [-0.05, 0) is 19.3 Å². The number of aldehydes is 2. The predicted molar refractivity (Wildman–Crippen MR) is 50.6 cm³/mol. The molecule has 0 saturated heterocycles. The first kappa shape index (κ1) is 12.3. The van der Waals surface area contributed by atoms with Crippen molar-refractivity contribution < 1.29 is 14.3 Å². The van der Waals surface area contributed by atoms with Crippen molar-refractivity contribution in [3.05, 3.63) is 0 Å². The van der Waals surface area contributed by atoms with E-state index in [1.54, 1.807) is 0 Å². The summed E-state index contributed by atoms with van der Waals surface area (Å²) in [5.74, 6) is 0. The summed E-state index contributed by atoms with van der Waals surface area (Å²) in [5.41, 5.74) is -0.725. The Morgan fingerprint density at radius 3 is 2.38 bits per heavy atom. The molecule has 0 aromatic rings. The Morgan fingerprint density at radius 2 is 2.00 bits per heavy atom. The molecule has 0 N–H and O–H groups in total. The highest BCUT2D eigenvalue weighted by molar-refractivity contribution is 5.63. The van der Waals surface area contributed by atoms with Crippen LogP contribution in [0.15, 0.2) is 0 Å². The Balaban J connectivity index is 4.12. The first-order valence-electron chi connectivity index (χ1n) is 4.78. The molecular weight excluding hydrogens is 168 g/mol. The smallest absolute Gasteiger partial charge is 0.151 e. The van der Waals surface area contributed by atoms with Gasteiger partial charge in [-0.3, -0.25) is 0 Å². The zero-order chi connectivity index (χ0) is 10.2. The number of ether oxygens (including phenoxy) is 1. The molecule has 76 valence electrons. The number of rotatable bonds is 8. The van der Waals surface area contributed by atoms with Crippen molar-refractivity contribution in [2.75, 3.05) is 6.61 Å². The summed E-state index contributed by atoms with van der Waals surface area (Å²) in [6.07, 6.45) is 4.04. The molecule has 0 radical (unpaired) electrons. The highest BCUT2D eigenvalue weighted by atomic mass is 16.5. The third-order valence-electron chi connectivity index (χ3n) is 2.09. The predicted octanol–water partition coefficient (Wildman–Crippen LogP) is 1.74. The normalized spacial score (nSPS) is 14.9. The molecule has 0 heterocycles. The van der Waals surface area contributed by atoms with Crippen LogP contribution in [0.2, 0.25) is 0 Å². The molecule has 0 fully saturated rings. The number of hydrogen-bond donors (Lipinski definition) is 0. The van der Waals surface area contributed by atoms with E-state index in [-0.39, 0.29) is 0 Å². The molecular formula is C10H18O3. The van der Waals surface area contributed by atoms with E-state index in [2.05, 4.69) is 0 Å². The maximum absolute atomic E-state index is 10.8. The highest BCUT2D eigenvalue weighted by Gasteiger charge is 2.27. The van der Waals surface area contributed by atoms with Crippen molar-refractivity contribution in [3.8, 4) is 0 Å². The van der Waals surface area contributed by atoms with Crippen molar-refractivity contribution in [1.82, 2.24) is 0 Å². The molecule has 3 nitrogen and oxygen atoms in total. The van der Waals surface area contributed by atoms with Crippen molar-refractivity contribution >= 4 is 12.6 Å². The van der Waals surface area contributed by atoms with E-state index in [9.17, 15) is 9.59 Å². The molecule has 1 atom stereocenters. The molecule has 0 bridgehead atoms. The van der Waals surface area contributed by atoms with Gasteiger partial charge in [0.2, 0.25) is 0 Å². The maximum atomic E-state index is 10.8. The van der Waals surface area contributed by atoms with Gasteiger partial charge in [-0.25, -0.2) is 0 Å². The number of hydrogen-bond acceptors (Lipinski definition) is 3. The van der Waals surface area contributed by atoms with Gasteiger partial charge in [-0.15, -0.1) is 0 Å². The van der Waals surface area contributed by atoms with E-state index in [1.165, 1.54) is 0 Å². The van der Waals surface area contributed by atoms with Gasteiger partial charge in [0.15, 0.2) is 6.29 Å². The summed E-state index contributed by atoms with van der Waals surface area (Å²) in [6.45, 7) is 4.46. The van der Waals surface area contributed by atoms with Crippen molar-refractivity contribution in [2.24, 2.45) is 0 Å². The van der Waals surface area contributed by atoms with Crippen molar-refractivity contribution in [1.29, 1.82) is 0 Å². The summed E-state index contributed by atoms with van der Waals surface area (Å²) in [4.78, 5) is 21.0. The van der Waals surface area contributed by atoms with Crippen LogP contribution >= 0.6 is 0 Å². The van der Waals surface area contributed by atoms with Crippen molar-refractivity contribution in [3.63, 3.8) is 0 Å². The molecule has 0 aliphatic rings. The van der Waals surface area contributed by atoms with Crippen LogP contribution in [-0.2, 0) is 14.3 Å². The summed E-state index contributed by atoms with van der Waals surface area (Å²) >= 11 is 0. The SMILES string of the molecule is CCCOC(C=O)(CC)CCC=O. The summed E-state index contributed by atoms with van der Waals surface area (Å²) < 4.78 is 5.45. The van der Waals surface area contributed by atoms with E-state index < -0.39 is 5.60 Å². The lowest BCUT2D eigenvalue weighted by Gasteiger charge is -2.26. The molecule has 0 saturated carbocycles. The second-order valence-electron chi connectivity index (χ2n) is 3.09. The van der Waals surface area contributed by atoms with Gasteiger partial charge < -0.3 is 14.3 Å². The van der Waals surface area contributed by atoms with Gasteiger partial charge in [0.25, 0.3) is 0 Å². The molecule has 0 aromatic heterocycles. The second-order valence-corrected chi connectivity index (χ2v) is 3.09. The van der Waals surface area contributed by atoms with Crippen LogP contribution in [0.4, 0.5) is 0 Å². The Labute approximate surface area is 79.5 Å². The molecule has 0 spiro atoms. The average molecular weight is 186 g/mol. The molecule has 3 heteroatoms. The third kappa shape index (κ3) is 4.18. The monoisotopic (exact) mass is 186 g/mol. The van der Waals surface area contributed by atoms with Crippen LogP contribution in [0, 0.1) is 0 Å². The van der Waals surface area contributed by atoms with Gasteiger partial charge in [0, 0.05) is 13.0 Å². The van der Waals surface area contributed by atoms with Gasteiger partial charge in [-0.2, -0.15) is 0 Å². The van der Waals surface area contributed by atoms with Crippen LogP contribution < -0.4 is 0 Å². The molecule has 1 unspecified atom stereocenters. The topological polar surface area (TPSA) is 43.4 Å². The lowest BCUT2D eigenvalue weighted by molar-refractivity contribution is -0.133. The highest BCUT2D eigenvalue weighted by Crippen LogP contribution is 2.19. The Kier molecular flexibility index (Phi) is 6.41. The van der Waals surface area contributed by atoms with Gasteiger partial charge >= 0.3 is 0 Å². The zero-order valence-corrected chi connectivity index (χ0v) is 8.41. The van der Waals surface area contributed by atoms with E-state index in [0.717, 1.165) is 19.0 Å². The van der Waals surface area contributed by atoms with Crippen LogP contribution in [-0.4, -0.2) is 24.8 Å². The lowest BCUT2D eigenvalue weighted by Crippen LogP contribution is -2.34. The van der Waals surface area contributed by atoms with E-state index >= 15 is 0 Å². The summed E-state index contributed by atoms with van der Waals surface area (Å²) in [5, 5.41) is 0. The summed E-state index contributed by atoms with van der Waals surface area (Å²) in [7, 11) is 0. The fraction of sp³-hybridized carbons (Fsp3) is 0.800. The van der Waals surface area contributed by atoms with E-state index in [1.807, 2.05) is 13.8 Å². The number of carbonyl (C=O) groups is 2. The number of carbonyl (C=O) groups excluding carboxylic acids is 2. The molecule has 13 heavy (non-hydrogen) atoms. The Bertz CT molecular complexity index is 156. The van der Waals surface area contributed by atoms with Crippen LogP contribution in [0.25, 0.3) is 0 Å². The fourth-order valence-electron chi connectivity index (χ4n) is 1.14. The zero-order valence-electron chi connectivity index (χ0n) is 8.41. The molecule has 0 aliphatic carbocycles. The van der Waals surface area contributed by atoms with Crippen LogP contribution in [0.5, 0.6) is 0 Å². The van der Waals surface area contributed by atoms with Crippen molar-refractivity contribution in [2.45, 2.75) is 45.1 Å². The minimum Gasteiger partial charge on any atom is -0.368 e. The molecule has 0 aliphatic heterocycles. The standard InChI is InChI=1S/C10H18O3/c1-3-8-13-10(4-2,9-12)6-5-7-11/h7,9H,3-6,8H2,1-2H3. The molecule has 0 aromatic carbocycles. The Hall–Kier alpha value is -0.700. The minimum absolute atomic E-state index is 0.385. The first-order chi connectivity index (χ1) is 6.24. The quantitative estimate of drug-likeness (QED) is 0.542. The van der Waals surface area contributed by atoms with Crippen LogP contribution in [0.3, 0.4) is 0 Å². The van der Waals surface area contributed by atoms with Gasteiger partial charge in [-0.1, -0.05) is 13.8 Å². The minimum atomic E-state index is -0.725. The largest absolute Gasteiger partial charge is 0.368 e. The van der Waals surface area contributed by atoms with E-state index in [4.69, 9.17) is 4.74 Å². The maximum Gasteiger partial charge on any atom is 0.151 e. The lowest BCUT2D eigenvalue weighted by atomic mass is 9.96. The molecule has 0 amide bonds. The van der Waals surface area contributed by atoms with Gasteiger partial charge in [0.1, 0.15) is 11.9 Å². The third-order valence-corrected chi connectivity index (χ3v) is 2.09. The molecule has 0 rings (SSSR count). The van der Waals surface area contributed by atoms with Gasteiger partial charge in [0.05, 0.1) is 0 Å².